The van der Waals surface area contributed by atoms with Gasteiger partial charge in [0.15, 0.2) is 11.5 Å². The van der Waals surface area contributed by atoms with Gasteiger partial charge in [0.05, 0.1) is 24.5 Å². The largest absolute Gasteiger partial charge is 0.493 e. The molecule has 8 heteroatoms. The fraction of sp³-hybridized carbons (Fsp3) is 0.565. The van der Waals surface area contributed by atoms with Crippen LogP contribution in [0.1, 0.15) is 40.2 Å². The summed E-state index contributed by atoms with van der Waals surface area (Å²) in [6.07, 6.45) is 2.65. The van der Waals surface area contributed by atoms with Crippen molar-refractivity contribution in [3.63, 3.8) is 0 Å². The lowest BCUT2D eigenvalue weighted by Crippen LogP contribution is -2.50. The Morgan fingerprint density at radius 3 is 2.65 bits per heavy atom. The van der Waals surface area contributed by atoms with E-state index in [4.69, 9.17) is 18.7 Å². The van der Waals surface area contributed by atoms with E-state index < -0.39 is 0 Å². The molecule has 8 nitrogen and oxygen atoms in total. The highest BCUT2D eigenvalue weighted by molar-refractivity contribution is 5.95. The van der Waals surface area contributed by atoms with Crippen LogP contribution in [0.3, 0.4) is 0 Å². The van der Waals surface area contributed by atoms with E-state index in [0.717, 1.165) is 69.2 Å². The van der Waals surface area contributed by atoms with Crippen LogP contribution >= 0.6 is 0 Å². The molecule has 2 saturated heterocycles. The molecule has 31 heavy (non-hydrogen) atoms. The average Bonchev–Trinajstić information content (AvgIpc) is 3.42. The van der Waals surface area contributed by atoms with Crippen LogP contribution in [0.15, 0.2) is 22.7 Å². The maximum Gasteiger partial charge on any atom is 0.254 e. The molecule has 3 heterocycles. The molecule has 1 aromatic heterocycles. The lowest BCUT2D eigenvalue weighted by Gasteiger charge is -2.35. The first-order valence-corrected chi connectivity index (χ1v) is 10.9. The van der Waals surface area contributed by atoms with E-state index in [-0.39, 0.29) is 5.91 Å². The van der Waals surface area contributed by atoms with E-state index in [0.29, 0.717) is 29.8 Å². The molecule has 2 aromatic rings. The number of piperazine rings is 1. The summed E-state index contributed by atoms with van der Waals surface area (Å²) < 4.78 is 22.3. The van der Waals surface area contributed by atoms with Gasteiger partial charge in [-0.1, -0.05) is 5.16 Å². The molecule has 1 aromatic carbocycles. The maximum absolute atomic E-state index is 13.0. The molecule has 1 unspecified atom stereocenters. The number of carbonyl (C=O) groups excluding carboxylic acids is 1. The van der Waals surface area contributed by atoms with E-state index in [1.165, 1.54) is 0 Å². The molecule has 2 aliphatic rings. The van der Waals surface area contributed by atoms with Gasteiger partial charge in [-0.3, -0.25) is 9.69 Å². The first kappa shape index (κ1) is 21.6. The van der Waals surface area contributed by atoms with Gasteiger partial charge in [-0.05, 0) is 44.9 Å². The molecule has 168 valence electrons. The minimum atomic E-state index is 0.0207. The average molecular weight is 430 g/mol. The van der Waals surface area contributed by atoms with Crippen LogP contribution in [-0.2, 0) is 11.3 Å². The van der Waals surface area contributed by atoms with Gasteiger partial charge < -0.3 is 23.6 Å². The second-order valence-electron chi connectivity index (χ2n) is 8.18. The highest BCUT2D eigenvalue weighted by Gasteiger charge is 2.26. The normalized spacial score (nSPS) is 19.6. The van der Waals surface area contributed by atoms with Crippen molar-refractivity contribution in [2.75, 3.05) is 46.4 Å². The third-order valence-electron chi connectivity index (χ3n) is 6.11. The molecule has 1 amide bonds. The van der Waals surface area contributed by atoms with Crippen LogP contribution < -0.4 is 9.47 Å². The van der Waals surface area contributed by atoms with Crippen molar-refractivity contribution < 1.29 is 23.5 Å². The smallest absolute Gasteiger partial charge is 0.254 e. The SMILES string of the molecule is COc1cc(C(=O)N2CCN(CC3CCCO3)CC2)ccc1OCc1c(C)noc1C. The fourth-order valence-electron chi connectivity index (χ4n) is 4.17. The van der Waals surface area contributed by atoms with E-state index in [9.17, 15) is 4.79 Å². The lowest BCUT2D eigenvalue weighted by atomic mass is 10.1. The van der Waals surface area contributed by atoms with Crippen molar-refractivity contribution in [2.45, 2.75) is 39.4 Å². The van der Waals surface area contributed by atoms with Gasteiger partial charge in [-0.25, -0.2) is 0 Å². The van der Waals surface area contributed by atoms with Crippen LogP contribution in [0, 0.1) is 13.8 Å². The third-order valence-corrected chi connectivity index (χ3v) is 6.11. The van der Waals surface area contributed by atoms with Gasteiger partial charge in [0.1, 0.15) is 12.4 Å². The summed E-state index contributed by atoms with van der Waals surface area (Å²) in [5.41, 5.74) is 2.33. The van der Waals surface area contributed by atoms with Gasteiger partial charge in [0.25, 0.3) is 5.91 Å². The van der Waals surface area contributed by atoms with Crippen LogP contribution in [0.5, 0.6) is 11.5 Å². The summed E-state index contributed by atoms with van der Waals surface area (Å²) in [5.74, 6) is 1.88. The first-order chi connectivity index (χ1) is 15.0. The van der Waals surface area contributed by atoms with Crippen molar-refractivity contribution in [3.05, 3.63) is 40.8 Å². The zero-order valence-corrected chi connectivity index (χ0v) is 18.6. The number of rotatable bonds is 7. The Labute approximate surface area is 183 Å². The van der Waals surface area contributed by atoms with Gasteiger partial charge in [0.2, 0.25) is 0 Å². The van der Waals surface area contributed by atoms with E-state index in [1.807, 2.05) is 18.7 Å². The second kappa shape index (κ2) is 9.70. The predicted molar refractivity (Wildman–Crippen MR) is 115 cm³/mol. The highest BCUT2D eigenvalue weighted by atomic mass is 16.5. The summed E-state index contributed by atoms with van der Waals surface area (Å²) in [6.45, 7) is 9.11. The Balaban J connectivity index is 1.35. The summed E-state index contributed by atoms with van der Waals surface area (Å²) in [7, 11) is 1.58. The van der Waals surface area contributed by atoms with Crippen LogP contribution in [0.2, 0.25) is 0 Å². The third kappa shape index (κ3) is 5.02. The highest BCUT2D eigenvalue weighted by Crippen LogP contribution is 2.30. The first-order valence-electron chi connectivity index (χ1n) is 10.9. The molecule has 0 radical (unpaired) electrons. The Kier molecular flexibility index (Phi) is 6.77. The molecule has 0 saturated carbocycles. The minimum absolute atomic E-state index is 0.0207. The van der Waals surface area contributed by atoms with Crippen molar-refractivity contribution in [3.8, 4) is 11.5 Å². The predicted octanol–water partition coefficient (Wildman–Crippen LogP) is 2.82. The number of ether oxygens (including phenoxy) is 3. The molecule has 1 atom stereocenters. The molecule has 0 aliphatic carbocycles. The quantitative estimate of drug-likeness (QED) is 0.670. The van der Waals surface area contributed by atoms with E-state index in [2.05, 4.69) is 10.1 Å². The van der Waals surface area contributed by atoms with Gasteiger partial charge in [0, 0.05) is 44.9 Å². The number of amides is 1. The zero-order chi connectivity index (χ0) is 21.8. The lowest BCUT2D eigenvalue weighted by molar-refractivity contribution is 0.0432. The number of nitrogens with zero attached hydrogens (tertiary/aromatic N) is 3. The van der Waals surface area contributed by atoms with Crippen LogP contribution in [-0.4, -0.2) is 73.4 Å². The maximum atomic E-state index is 13.0. The number of hydrogen-bond donors (Lipinski definition) is 0. The van der Waals surface area contributed by atoms with E-state index in [1.54, 1.807) is 25.3 Å². The number of hydrogen-bond acceptors (Lipinski definition) is 7. The van der Waals surface area contributed by atoms with Crippen molar-refractivity contribution in [1.29, 1.82) is 0 Å². The van der Waals surface area contributed by atoms with Gasteiger partial charge in [-0.2, -0.15) is 0 Å². The molecular weight excluding hydrogens is 398 g/mol. The summed E-state index contributed by atoms with van der Waals surface area (Å²) >= 11 is 0. The fourth-order valence-corrected chi connectivity index (χ4v) is 4.17. The minimum Gasteiger partial charge on any atom is -0.493 e. The topological polar surface area (TPSA) is 77.3 Å². The Bertz CT molecular complexity index is 879. The van der Waals surface area contributed by atoms with Crippen LogP contribution in [0.4, 0.5) is 0 Å². The number of aromatic nitrogens is 1. The van der Waals surface area contributed by atoms with Crippen LogP contribution in [0.25, 0.3) is 0 Å². The summed E-state index contributed by atoms with van der Waals surface area (Å²) in [4.78, 5) is 17.3. The molecule has 2 fully saturated rings. The number of benzene rings is 1. The zero-order valence-electron chi connectivity index (χ0n) is 18.6. The molecular formula is C23H31N3O5. The number of methoxy groups -OCH3 is 1. The van der Waals surface area contributed by atoms with E-state index >= 15 is 0 Å². The summed E-state index contributed by atoms with van der Waals surface area (Å²) in [5, 5.41) is 3.95. The molecule has 0 bridgehead atoms. The summed E-state index contributed by atoms with van der Waals surface area (Å²) in [6, 6.07) is 5.34. The molecule has 0 spiro atoms. The monoisotopic (exact) mass is 429 g/mol. The number of aryl methyl sites for hydroxylation is 2. The Morgan fingerprint density at radius 1 is 1.19 bits per heavy atom. The van der Waals surface area contributed by atoms with Gasteiger partial charge in [-0.15, -0.1) is 0 Å². The second-order valence-corrected chi connectivity index (χ2v) is 8.18. The van der Waals surface area contributed by atoms with Crippen molar-refractivity contribution >= 4 is 5.91 Å². The van der Waals surface area contributed by atoms with Crippen molar-refractivity contribution in [1.82, 2.24) is 15.0 Å². The Morgan fingerprint density at radius 2 is 2.00 bits per heavy atom. The Hall–Kier alpha value is -2.58. The standard InChI is InChI=1S/C23H31N3O5/c1-16-20(17(2)31-24-16)15-30-21-7-6-18(13-22(21)28-3)23(27)26-10-8-25(9-11-26)14-19-5-4-12-29-19/h6-7,13,19H,4-5,8-12,14-15H2,1-3H3. The number of carbonyl (C=O) groups is 1. The van der Waals surface area contributed by atoms with Crippen molar-refractivity contribution in [2.24, 2.45) is 0 Å². The molecule has 0 N–H and O–H groups in total. The molecule has 2 aliphatic heterocycles. The molecule has 4 rings (SSSR count). The van der Waals surface area contributed by atoms with Gasteiger partial charge >= 0.3 is 0 Å².